The van der Waals surface area contributed by atoms with Crippen LogP contribution in [0.1, 0.15) is 83.4 Å². The van der Waals surface area contributed by atoms with E-state index in [1.165, 1.54) is 7.11 Å². The molecule has 3 N–H and O–H groups in total. The van der Waals surface area contributed by atoms with Gasteiger partial charge in [-0.25, -0.2) is 14.8 Å². The molecule has 3 fully saturated rings. The van der Waals surface area contributed by atoms with E-state index in [0.717, 1.165) is 77.4 Å². The molecular formula is C42H53N7O5. The number of carbonyl (C=O) groups is 3. The molecule has 0 unspecified atom stereocenters. The quantitative estimate of drug-likeness (QED) is 0.160. The molecular weight excluding hydrogens is 683 g/mol. The number of aromatic nitrogens is 4. The summed E-state index contributed by atoms with van der Waals surface area (Å²) in [5, 5.41) is 2.70. The van der Waals surface area contributed by atoms with Crippen molar-refractivity contribution in [2.75, 3.05) is 33.4 Å². The van der Waals surface area contributed by atoms with Crippen LogP contribution >= 0.6 is 0 Å². The zero-order valence-corrected chi connectivity index (χ0v) is 32.0. The van der Waals surface area contributed by atoms with E-state index in [1.54, 1.807) is 0 Å². The first-order chi connectivity index (χ1) is 26.1. The van der Waals surface area contributed by atoms with Crippen molar-refractivity contribution in [1.29, 1.82) is 0 Å². The molecule has 0 radical (unpaired) electrons. The van der Waals surface area contributed by atoms with E-state index >= 15 is 0 Å². The Morgan fingerprint density at radius 2 is 1.41 bits per heavy atom. The molecule has 4 heterocycles. The molecule has 1 aliphatic carbocycles. The van der Waals surface area contributed by atoms with Gasteiger partial charge in [-0.2, -0.15) is 0 Å². The Kier molecular flexibility index (Phi) is 11.2. The third kappa shape index (κ3) is 7.66. The summed E-state index contributed by atoms with van der Waals surface area (Å²) < 4.78 is 10.5. The fourth-order valence-corrected chi connectivity index (χ4v) is 8.45. The third-order valence-corrected chi connectivity index (χ3v) is 11.6. The van der Waals surface area contributed by atoms with Crippen LogP contribution in [0.25, 0.3) is 33.6 Å². The molecule has 7 rings (SSSR count). The molecule has 286 valence electrons. The lowest BCUT2D eigenvalue weighted by Crippen LogP contribution is -2.53. The van der Waals surface area contributed by atoms with E-state index < -0.39 is 12.1 Å². The van der Waals surface area contributed by atoms with Gasteiger partial charge in [0, 0.05) is 24.9 Å². The zero-order chi connectivity index (χ0) is 37.9. The van der Waals surface area contributed by atoms with Crippen molar-refractivity contribution in [1.82, 2.24) is 35.1 Å². The highest BCUT2D eigenvalue weighted by Gasteiger charge is 2.41. The largest absolute Gasteiger partial charge is 0.453 e. The number of nitrogens with zero attached hydrogens (tertiary/aromatic N) is 4. The average Bonchev–Trinajstić information content (AvgIpc) is 4.03. The Balaban J connectivity index is 0.997. The highest BCUT2D eigenvalue weighted by atomic mass is 16.5. The molecule has 3 aliphatic rings. The van der Waals surface area contributed by atoms with E-state index in [2.05, 4.69) is 87.5 Å². The maximum absolute atomic E-state index is 13.8. The Bertz CT molecular complexity index is 1920. The van der Waals surface area contributed by atoms with Crippen molar-refractivity contribution in [2.24, 2.45) is 17.8 Å². The van der Waals surface area contributed by atoms with Crippen LogP contribution in [-0.2, 0) is 19.1 Å². The van der Waals surface area contributed by atoms with Gasteiger partial charge in [0.1, 0.15) is 17.7 Å². The second-order valence-electron chi connectivity index (χ2n) is 15.6. The van der Waals surface area contributed by atoms with Crippen molar-refractivity contribution in [3.05, 3.63) is 72.6 Å². The molecule has 2 aliphatic heterocycles. The summed E-state index contributed by atoms with van der Waals surface area (Å²) in [5.41, 5.74) is 6.07. The number of hydrogen-bond donors (Lipinski definition) is 3. The monoisotopic (exact) mass is 735 g/mol. The van der Waals surface area contributed by atoms with Crippen LogP contribution in [0.4, 0.5) is 4.79 Å². The molecule has 54 heavy (non-hydrogen) atoms. The van der Waals surface area contributed by atoms with Gasteiger partial charge in [-0.15, -0.1) is 0 Å². The van der Waals surface area contributed by atoms with Gasteiger partial charge in [-0.1, -0.05) is 82.6 Å². The molecule has 1 saturated carbocycles. The van der Waals surface area contributed by atoms with Crippen LogP contribution in [0, 0.1) is 17.8 Å². The molecule has 3 amide bonds. The normalized spacial score (nSPS) is 22.2. The highest BCUT2D eigenvalue weighted by molar-refractivity contribution is 5.86. The lowest BCUT2D eigenvalue weighted by molar-refractivity contribution is -0.146. The van der Waals surface area contributed by atoms with E-state index in [0.29, 0.717) is 32.2 Å². The summed E-state index contributed by atoms with van der Waals surface area (Å²) in [6.45, 7) is 10.6. The topological polar surface area (TPSA) is 146 Å². The van der Waals surface area contributed by atoms with Gasteiger partial charge in [0.15, 0.2) is 0 Å². The van der Waals surface area contributed by atoms with Crippen LogP contribution in [0.5, 0.6) is 0 Å². The predicted octanol–water partition coefficient (Wildman–Crippen LogP) is 6.95. The zero-order valence-electron chi connectivity index (χ0n) is 32.0. The maximum Gasteiger partial charge on any atom is 0.407 e. The van der Waals surface area contributed by atoms with Gasteiger partial charge >= 0.3 is 6.09 Å². The Morgan fingerprint density at radius 3 is 2.02 bits per heavy atom. The van der Waals surface area contributed by atoms with Gasteiger partial charge in [-0.05, 0) is 59.8 Å². The van der Waals surface area contributed by atoms with Gasteiger partial charge in [-0.3, -0.25) is 9.59 Å². The highest BCUT2D eigenvalue weighted by Crippen LogP contribution is 2.41. The first-order valence-electron chi connectivity index (χ1n) is 19.5. The minimum absolute atomic E-state index is 0.0528. The number of H-pyrrole nitrogens is 2. The van der Waals surface area contributed by atoms with Gasteiger partial charge in [0.05, 0.1) is 56.2 Å². The number of aromatic amines is 2. The number of carbonyl (C=O) groups excluding carboxylic acids is 3. The van der Waals surface area contributed by atoms with Crippen molar-refractivity contribution in [2.45, 2.75) is 83.8 Å². The molecule has 12 heteroatoms. The first kappa shape index (κ1) is 37.3. The summed E-state index contributed by atoms with van der Waals surface area (Å²) in [6, 6.07) is 16.1. The number of imidazole rings is 2. The van der Waals surface area contributed by atoms with Gasteiger partial charge in [0.25, 0.3) is 0 Å². The first-order valence-corrected chi connectivity index (χ1v) is 19.5. The van der Waals surface area contributed by atoms with Gasteiger partial charge < -0.3 is 34.6 Å². The number of rotatable bonds is 10. The number of amides is 3. The number of morpholine rings is 1. The number of methoxy groups -OCH3 is 1. The summed E-state index contributed by atoms with van der Waals surface area (Å²) in [6.07, 6.45) is 7.64. The SMILES string of the molecule is COC(=O)N[C@@H](C(=O)N1CCC[C@H]1c1ncc(-c2ccc(-c3ccc(-c4cnc([C@@H]5CCC[C@H]5C(=O)N5CCOC[C@H]5C(C)C)[nH]4)cc3)cc2)[nH]1)C(C)C. The fraction of sp³-hybridized carbons (Fsp3) is 0.500. The van der Waals surface area contributed by atoms with Gasteiger partial charge in [0.2, 0.25) is 11.8 Å². The Hall–Kier alpha value is -4.97. The number of nitrogens with one attached hydrogen (secondary N) is 3. The van der Waals surface area contributed by atoms with E-state index in [9.17, 15) is 14.4 Å². The maximum atomic E-state index is 13.8. The molecule has 2 aromatic carbocycles. The number of benzene rings is 2. The molecule has 12 nitrogen and oxygen atoms in total. The molecule has 0 bridgehead atoms. The standard InChI is InChI=1S/C42H53N7O5/c1-25(2)36-24-54-21-20-49(36)40(50)32-9-6-8-31(32)38-43-22-33(45-38)29-15-11-27(12-16-29)28-13-17-30(18-14-28)34-23-44-39(46-34)35-10-7-19-48(35)41(51)37(26(3)4)47-42(52)53-5/h11-18,22-23,25-26,31-32,35-37H,6-10,19-21,24H2,1-5H3,(H,43,45)(H,44,46)(H,47,52)/t31-,32-,35+,36+,37-/m1/s1. The Labute approximate surface area is 317 Å². The summed E-state index contributed by atoms with van der Waals surface area (Å²) in [5.74, 6) is 2.07. The van der Waals surface area contributed by atoms with Crippen LogP contribution in [0.2, 0.25) is 0 Å². The number of ether oxygens (including phenoxy) is 2. The fourth-order valence-electron chi connectivity index (χ4n) is 8.45. The number of alkyl carbamates (subject to hydrolysis) is 1. The lowest BCUT2D eigenvalue weighted by atomic mass is 9.91. The molecule has 2 saturated heterocycles. The summed E-state index contributed by atoms with van der Waals surface area (Å²) in [4.78, 5) is 59.7. The van der Waals surface area contributed by atoms with Crippen LogP contribution in [0.15, 0.2) is 60.9 Å². The minimum atomic E-state index is -0.675. The number of hydrogen-bond acceptors (Lipinski definition) is 7. The van der Waals surface area contributed by atoms with E-state index in [4.69, 9.17) is 14.5 Å². The minimum Gasteiger partial charge on any atom is -0.453 e. The Morgan fingerprint density at radius 1 is 0.796 bits per heavy atom. The van der Waals surface area contributed by atoms with Crippen molar-refractivity contribution >= 4 is 17.9 Å². The lowest BCUT2D eigenvalue weighted by Gasteiger charge is -2.40. The van der Waals surface area contributed by atoms with Crippen LogP contribution in [0.3, 0.4) is 0 Å². The molecule has 4 aromatic rings. The van der Waals surface area contributed by atoms with E-state index in [-0.39, 0.29) is 41.7 Å². The van der Waals surface area contributed by atoms with Crippen molar-refractivity contribution in [3.63, 3.8) is 0 Å². The van der Waals surface area contributed by atoms with Crippen LogP contribution in [-0.4, -0.2) is 93.1 Å². The molecule has 2 aromatic heterocycles. The molecule has 0 spiro atoms. The molecule has 5 atom stereocenters. The van der Waals surface area contributed by atoms with Crippen molar-refractivity contribution < 1.29 is 23.9 Å². The smallest absolute Gasteiger partial charge is 0.407 e. The second-order valence-corrected chi connectivity index (χ2v) is 15.6. The predicted molar refractivity (Wildman–Crippen MR) is 206 cm³/mol. The summed E-state index contributed by atoms with van der Waals surface area (Å²) in [7, 11) is 1.30. The van der Waals surface area contributed by atoms with Crippen molar-refractivity contribution in [3.8, 4) is 33.6 Å². The van der Waals surface area contributed by atoms with E-state index in [1.807, 2.05) is 31.1 Å². The van der Waals surface area contributed by atoms with Crippen LogP contribution < -0.4 is 5.32 Å². The number of likely N-dealkylation sites (tertiary alicyclic amines) is 1. The summed E-state index contributed by atoms with van der Waals surface area (Å²) >= 11 is 0. The third-order valence-electron chi connectivity index (χ3n) is 11.6. The average molecular weight is 736 g/mol. The second kappa shape index (κ2) is 16.2.